The Kier molecular flexibility index (Phi) is 5.24. The van der Waals surface area contributed by atoms with Crippen LogP contribution in [0.5, 0.6) is 0 Å². The zero-order valence-electron chi connectivity index (χ0n) is 12.5. The Balaban J connectivity index is 0.00000192. The van der Waals surface area contributed by atoms with Gasteiger partial charge in [-0.05, 0) is 18.2 Å². The van der Waals surface area contributed by atoms with Crippen molar-refractivity contribution in [3.63, 3.8) is 0 Å². The summed E-state index contributed by atoms with van der Waals surface area (Å²) in [4.78, 5) is 30.7. The Morgan fingerprint density at radius 2 is 1.83 bits per heavy atom. The van der Waals surface area contributed by atoms with Crippen molar-refractivity contribution < 1.29 is 33.8 Å². The molecular formula is C16H13N3O3Zn. The maximum absolute atomic E-state index is 12.4. The van der Waals surface area contributed by atoms with Gasteiger partial charge in [0.1, 0.15) is 0 Å². The molecule has 1 amide bonds. The third kappa shape index (κ3) is 3.63. The number of aromatic amines is 1. The van der Waals surface area contributed by atoms with Crippen LogP contribution in [0.1, 0.15) is 15.9 Å². The quantitative estimate of drug-likeness (QED) is 0.555. The number of nitrogens with one attached hydrogen (secondary N) is 2. The number of methoxy groups -OCH3 is 1. The summed E-state index contributed by atoms with van der Waals surface area (Å²) in [5.41, 5.74) is 2.46. The van der Waals surface area contributed by atoms with Crippen molar-refractivity contribution in [3.05, 3.63) is 59.7 Å². The van der Waals surface area contributed by atoms with Gasteiger partial charge in [0, 0.05) is 30.6 Å². The molecule has 3 aromatic rings. The Bertz CT molecular complexity index is 846. The molecular weight excluding hydrogens is 348 g/mol. The van der Waals surface area contributed by atoms with Crippen LogP contribution in [0.2, 0.25) is 0 Å². The van der Waals surface area contributed by atoms with Gasteiger partial charge >= 0.3 is 6.09 Å². The van der Waals surface area contributed by atoms with Crippen LogP contribution in [0.4, 0.5) is 10.7 Å². The first-order chi connectivity index (χ1) is 10.7. The summed E-state index contributed by atoms with van der Waals surface area (Å²) in [7, 11) is 1.27. The number of hydrogen-bond acceptors (Lipinski definition) is 4. The number of fused-ring (bicyclic) bond motifs is 1. The molecule has 0 aliphatic heterocycles. The fourth-order valence-corrected chi connectivity index (χ4v) is 2.11. The first kappa shape index (κ1) is 16.8. The van der Waals surface area contributed by atoms with E-state index in [1.807, 2.05) is 18.2 Å². The molecule has 112 valence electrons. The topological polar surface area (TPSA) is 84.1 Å². The normalized spacial score (nSPS) is 9.96. The molecule has 0 fully saturated rings. The maximum Gasteiger partial charge on any atom is 0.413 e. The second-order valence-electron chi connectivity index (χ2n) is 4.63. The molecule has 0 spiro atoms. The van der Waals surface area contributed by atoms with E-state index in [4.69, 9.17) is 0 Å². The monoisotopic (exact) mass is 359 g/mol. The van der Waals surface area contributed by atoms with Crippen molar-refractivity contribution >= 4 is 28.9 Å². The number of nitrogens with zero attached hydrogens (tertiary/aromatic N) is 1. The summed E-state index contributed by atoms with van der Waals surface area (Å²) in [6, 6.07) is 14.2. The number of ether oxygens (including phenoxy) is 1. The van der Waals surface area contributed by atoms with Crippen molar-refractivity contribution in [2.24, 2.45) is 0 Å². The van der Waals surface area contributed by atoms with Crippen molar-refractivity contribution in [1.82, 2.24) is 9.97 Å². The minimum Gasteiger partial charge on any atom is -0.453 e. The summed E-state index contributed by atoms with van der Waals surface area (Å²) >= 11 is 0. The Labute approximate surface area is 145 Å². The van der Waals surface area contributed by atoms with E-state index in [0.29, 0.717) is 16.6 Å². The van der Waals surface area contributed by atoms with Crippen molar-refractivity contribution in [3.8, 4) is 0 Å². The summed E-state index contributed by atoms with van der Waals surface area (Å²) in [5.74, 6) is 0.194. The summed E-state index contributed by atoms with van der Waals surface area (Å²) in [5, 5.41) is 2.45. The van der Waals surface area contributed by atoms with Crippen molar-refractivity contribution in [2.45, 2.75) is 0 Å². The predicted octanol–water partition coefficient (Wildman–Crippen LogP) is 2.97. The Hall–Kier alpha value is -2.53. The molecule has 6 nitrogen and oxygen atoms in total. The number of amides is 1. The van der Waals surface area contributed by atoms with Crippen molar-refractivity contribution in [2.75, 3.05) is 12.4 Å². The van der Waals surface area contributed by atoms with E-state index < -0.39 is 6.09 Å². The number of carbonyl (C=O) groups is 2. The molecule has 23 heavy (non-hydrogen) atoms. The molecule has 0 saturated carbocycles. The fraction of sp³-hybridized carbons (Fsp3) is 0.0625. The number of benzene rings is 2. The van der Waals surface area contributed by atoms with E-state index in [1.165, 1.54) is 7.11 Å². The van der Waals surface area contributed by atoms with Gasteiger partial charge in [-0.3, -0.25) is 10.1 Å². The summed E-state index contributed by atoms with van der Waals surface area (Å²) in [6.45, 7) is 0. The standard InChI is InChI=1S/C16H13N3O3.Zn/c1-22-16(21)19-15-17-12-8-7-11(9-13(12)18-15)14(20)10-5-3-2-4-6-10;/h2-9H,1H3,(H2,17,18,19,21);. The second-order valence-corrected chi connectivity index (χ2v) is 4.63. The maximum atomic E-state index is 12.4. The molecule has 2 aromatic carbocycles. The number of imidazole rings is 1. The number of ketones is 1. The van der Waals surface area contributed by atoms with Crippen LogP contribution in [0, 0.1) is 0 Å². The van der Waals surface area contributed by atoms with E-state index in [0.717, 1.165) is 5.52 Å². The number of anilines is 1. The van der Waals surface area contributed by atoms with Gasteiger partial charge in [-0.25, -0.2) is 9.78 Å². The molecule has 0 saturated heterocycles. The number of hydrogen-bond donors (Lipinski definition) is 2. The molecule has 1 heterocycles. The Morgan fingerprint density at radius 1 is 1.09 bits per heavy atom. The third-order valence-electron chi connectivity index (χ3n) is 3.19. The van der Waals surface area contributed by atoms with Gasteiger partial charge in [0.15, 0.2) is 5.78 Å². The SMILES string of the molecule is COC(=O)Nc1nc2cc(C(=O)c3ccccc3)ccc2[nH]1.[Zn]. The van der Waals surface area contributed by atoms with E-state index in [-0.39, 0.29) is 31.2 Å². The van der Waals surface area contributed by atoms with Gasteiger partial charge in [0.05, 0.1) is 18.1 Å². The zero-order valence-corrected chi connectivity index (χ0v) is 15.5. The number of aromatic nitrogens is 2. The van der Waals surface area contributed by atoms with E-state index in [1.54, 1.807) is 30.3 Å². The van der Waals surface area contributed by atoms with Crippen LogP contribution in [-0.2, 0) is 24.2 Å². The minimum atomic E-state index is -0.611. The van der Waals surface area contributed by atoms with Crippen LogP contribution >= 0.6 is 0 Å². The van der Waals surface area contributed by atoms with Gasteiger partial charge in [-0.15, -0.1) is 0 Å². The molecule has 0 unspecified atom stereocenters. The molecule has 7 heteroatoms. The van der Waals surface area contributed by atoms with Gasteiger partial charge in [-0.2, -0.15) is 0 Å². The van der Waals surface area contributed by atoms with Crippen LogP contribution in [0.15, 0.2) is 48.5 Å². The molecule has 2 N–H and O–H groups in total. The summed E-state index contributed by atoms with van der Waals surface area (Å²) < 4.78 is 4.51. The zero-order chi connectivity index (χ0) is 15.5. The molecule has 0 aliphatic rings. The largest absolute Gasteiger partial charge is 0.453 e. The van der Waals surface area contributed by atoms with Crippen LogP contribution < -0.4 is 5.32 Å². The third-order valence-corrected chi connectivity index (χ3v) is 3.19. The van der Waals surface area contributed by atoms with Crippen LogP contribution in [0.25, 0.3) is 11.0 Å². The molecule has 0 radical (unpaired) electrons. The average molecular weight is 361 g/mol. The van der Waals surface area contributed by atoms with E-state index in [9.17, 15) is 9.59 Å². The first-order valence-corrected chi connectivity index (χ1v) is 6.62. The molecule has 1 aromatic heterocycles. The Morgan fingerprint density at radius 3 is 2.52 bits per heavy atom. The van der Waals surface area contributed by atoms with Gasteiger partial charge in [-0.1, -0.05) is 30.3 Å². The van der Waals surface area contributed by atoms with Crippen LogP contribution in [0.3, 0.4) is 0 Å². The van der Waals surface area contributed by atoms with Gasteiger partial charge < -0.3 is 9.72 Å². The van der Waals surface area contributed by atoms with Gasteiger partial charge in [0.25, 0.3) is 0 Å². The smallest absolute Gasteiger partial charge is 0.413 e. The average Bonchev–Trinajstić information content (AvgIpc) is 2.96. The summed E-state index contributed by atoms with van der Waals surface area (Å²) in [6.07, 6.45) is -0.611. The first-order valence-electron chi connectivity index (χ1n) is 6.62. The molecule has 0 bridgehead atoms. The van der Waals surface area contributed by atoms with Crippen molar-refractivity contribution in [1.29, 1.82) is 0 Å². The molecule has 0 aliphatic carbocycles. The van der Waals surface area contributed by atoms with E-state index in [2.05, 4.69) is 20.0 Å². The minimum absolute atomic E-state index is 0. The molecule has 0 atom stereocenters. The number of carbonyl (C=O) groups excluding carboxylic acids is 2. The molecule has 3 rings (SSSR count). The second kappa shape index (κ2) is 7.16. The van der Waals surface area contributed by atoms with Crippen LogP contribution in [-0.4, -0.2) is 29.0 Å². The predicted molar refractivity (Wildman–Crippen MR) is 82.0 cm³/mol. The number of H-pyrrole nitrogens is 1. The number of rotatable bonds is 3. The van der Waals surface area contributed by atoms with Gasteiger partial charge in [0.2, 0.25) is 5.95 Å². The van der Waals surface area contributed by atoms with E-state index >= 15 is 0 Å². The fourth-order valence-electron chi connectivity index (χ4n) is 2.11.